The first-order valence-electron chi connectivity index (χ1n) is 1.20. The van der Waals surface area contributed by atoms with Gasteiger partial charge in [0.05, 0.1) is 0 Å². The summed E-state index contributed by atoms with van der Waals surface area (Å²) in [4.78, 5) is 22.0. The molecular weight excluding hydrogens is 125 g/mol. The van der Waals surface area contributed by atoms with Gasteiger partial charge in [-0.25, -0.2) is 0 Å². The molecule has 0 aromatic carbocycles. The SMILES string of the molecule is O=CNOC=O.[H-].[K+]. The summed E-state index contributed by atoms with van der Waals surface area (Å²) in [5, 5.41) is 0. The Morgan fingerprint density at radius 2 is 2.14 bits per heavy atom. The van der Waals surface area contributed by atoms with Crippen molar-refractivity contribution in [2.24, 2.45) is 0 Å². The Balaban J connectivity index is -0.000000125. The Morgan fingerprint density at radius 3 is 2.29 bits per heavy atom. The van der Waals surface area contributed by atoms with Gasteiger partial charge in [0.2, 0.25) is 6.41 Å². The zero-order valence-corrected chi connectivity index (χ0v) is 7.00. The first kappa shape index (κ1) is 10.5. The Morgan fingerprint density at radius 1 is 1.57 bits per heavy atom. The molecule has 0 radical (unpaired) electrons. The molecule has 0 saturated carbocycles. The van der Waals surface area contributed by atoms with Gasteiger partial charge >= 0.3 is 57.9 Å². The van der Waals surface area contributed by atoms with Crippen molar-refractivity contribution in [3.63, 3.8) is 0 Å². The van der Waals surface area contributed by atoms with Gasteiger partial charge in [-0.15, -0.1) is 0 Å². The van der Waals surface area contributed by atoms with E-state index >= 15 is 0 Å². The molecule has 0 rings (SSSR count). The molecule has 0 atom stereocenters. The summed E-state index contributed by atoms with van der Waals surface area (Å²) in [6, 6.07) is 0. The van der Waals surface area contributed by atoms with Gasteiger partial charge in [0, 0.05) is 0 Å². The Kier molecular flexibility index (Phi) is 14.7. The largest absolute Gasteiger partial charge is 1.00 e. The molecular formula is C2H4KNO3. The van der Waals surface area contributed by atoms with Crippen molar-refractivity contribution in [2.45, 2.75) is 0 Å². The fourth-order valence-corrected chi connectivity index (χ4v) is 0.0556. The molecule has 36 valence electrons. The molecule has 0 heterocycles. The third-order valence-electron chi connectivity index (χ3n) is 0.164. The minimum atomic E-state index is 0. The summed E-state index contributed by atoms with van der Waals surface area (Å²) in [5.74, 6) is 0. The first-order chi connectivity index (χ1) is 2.91. The van der Waals surface area contributed by atoms with Gasteiger partial charge in [-0.3, -0.25) is 9.59 Å². The summed E-state index contributed by atoms with van der Waals surface area (Å²) < 4.78 is 0. The van der Waals surface area contributed by atoms with Gasteiger partial charge in [0.1, 0.15) is 0 Å². The van der Waals surface area contributed by atoms with Gasteiger partial charge in [-0.05, 0) is 0 Å². The van der Waals surface area contributed by atoms with E-state index < -0.39 is 0 Å². The molecule has 0 spiro atoms. The van der Waals surface area contributed by atoms with Crippen molar-refractivity contribution in [3.8, 4) is 0 Å². The van der Waals surface area contributed by atoms with Gasteiger partial charge in [-0.1, -0.05) is 0 Å². The van der Waals surface area contributed by atoms with Crippen LogP contribution in [-0.2, 0) is 14.4 Å². The number of carbonyl (C=O) groups excluding carboxylic acids is 2. The van der Waals surface area contributed by atoms with Crippen molar-refractivity contribution >= 4 is 12.9 Å². The Hall–Kier alpha value is 0.576. The van der Waals surface area contributed by atoms with Crippen LogP contribution < -0.4 is 56.9 Å². The summed E-state index contributed by atoms with van der Waals surface area (Å²) in [7, 11) is 0. The Bertz CT molecular complexity index is 53.2. The van der Waals surface area contributed by atoms with Crippen LogP contribution in [0.15, 0.2) is 0 Å². The van der Waals surface area contributed by atoms with Crippen LogP contribution in [-0.4, -0.2) is 12.9 Å². The van der Waals surface area contributed by atoms with Crippen LogP contribution in [0.4, 0.5) is 0 Å². The molecule has 7 heavy (non-hydrogen) atoms. The zero-order valence-electron chi connectivity index (χ0n) is 4.88. The normalized spacial score (nSPS) is 5.14. The molecule has 0 saturated heterocycles. The van der Waals surface area contributed by atoms with Gasteiger partial charge in [0.15, 0.2) is 0 Å². The third kappa shape index (κ3) is 10.8. The number of carbonyl (C=O) groups is 2. The maximum Gasteiger partial charge on any atom is 1.00 e. The maximum atomic E-state index is 9.17. The van der Waals surface area contributed by atoms with E-state index in [1.54, 1.807) is 5.48 Å². The van der Waals surface area contributed by atoms with E-state index in [1.807, 2.05) is 0 Å². The van der Waals surface area contributed by atoms with Crippen LogP contribution in [0, 0.1) is 0 Å². The number of hydrogen-bond donors (Lipinski definition) is 1. The molecule has 0 aromatic rings. The van der Waals surface area contributed by atoms with E-state index in [0.29, 0.717) is 0 Å². The van der Waals surface area contributed by atoms with Crippen LogP contribution in [0.2, 0.25) is 0 Å². The second-order valence-electron chi connectivity index (χ2n) is 0.450. The van der Waals surface area contributed by atoms with Crippen LogP contribution >= 0.6 is 0 Å². The topological polar surface area (TPSA) is 55.4 Å². The monoisotopic (exact) mass is 129 g/mol. The summed E-state index contributed by atoms with van der Waals surface area (Å²) in [6.45, 7) is 0.119. The molecule has 0 fully saturated rings. The van der Waals surface area contributed by atoms with Crippen molar-refractivity contribution in [1.29, 1.82) is 0 Å². The smallest absolute Gasteiger partial charge is 1.00 e. The third-order valence-corrected chi connectivity index (χ3v) is 0.164. The van der Waals surface area contributed by atoms with Gasteiger partial charge in [-0.2, -0.15) is 5.48 Å². The summed E-state index contributed by atoms with van der Waals surface area (Å²) in [6.07, 6.45) is 0.258. The van der Waals surface area contributed by atoms with E-state index in [-0.39, 0.29) is 65.7 Å². The number of hydroxylamine groups is 1. The zero-order chi connectivity index (χ0) is 4.83. The van der Waals surface area contributed by atoms with Crippen molar-refractivity contribution in [3.05, 3.63) is 0 Å². The van der Waals surface area contributed by atoms with E-state index in [2.05, 4.69) is 4.84 Å². The van der Waals surface area contributed by atoms with Crippen LogP contribution in [0.3, 0.4) is 0 Å². The predicted octanol–water partition coefficient (Wildman–Crippen LogP) is -4.06. The van der Waals surface area contributed by atoms with Crippen molar-refractivity contribution in [2.75, 3.05) is 0 Å². The molecule has 1 amide bonds. The first-order valence-corrected chi connectivity index (χ1v) is 1.20. The minimum Gasteiger partial charge on any atom is -1.00 e. The Labute approximate surface area is 84.5 Å². The van der Waals surface area contributed by atoms with Crippen molar-refractivity contribution < 1.29 is 67.2 Å². The van der Waals surface area contributed by atoms with E-state index in [9.17, 15) is 0 Å². The van der Waals surface area contributed by atoms with Crippen molar-refractivity contribution in [1.82, 2.24) is 5.48 Å². The molecule has 0 bridgehead atoms. The number of nitrogens with one attached hydrogen (secondary N) is 1. The number of rotatable bonds is 3. The second-order valence-corrected chi connectivity index (χ2v) is 0.450. The van der Waals surface area contributed by atoms with Crippen LogP contribution in [0.5, 0.6) is 0 Å². The van der Waals surface area contributed by atoms with E-state index in [0.717, 1.165) is 0 Å². The van der Waals surface area contributed by atoms with Gasteiger partial charge < -0.3 is 6.26 Å². The molecule has 0 aliphatic rings. The fourth-order valence-electron chi connectivity index (χ4n) is 0.0556. The van der Waals surface area contributed by atoms with Crippen LogP contribution in [0.25, 0.3) is 0 Å². The standard InChI is InChI=1S/C2H3NO3.K.H/c4-1-3-6-2-5;;/h1-2H,(H,3,4);;/q;+1;-1. The second kappa shape index (κ2) is 9.76. The number of hydrogen-bond acceptors (Lipinski definition) is 3. The molecule has 1 N–H and O–H groups in total. The predicted molar refractivity (Wildman–Crippen MR) is 17.5 cm³/mol. The van der Waals surface area contributed by atoms with E-state index in [4.69, 9.17) is 9.59 Å². The minimum absolute atomic E-state index is 0. The molecule has 0 aromatic heterocycles. The molecule has 0 aliphatic heterocycles. The van der Waals surface area contributed by atoms with E-state index in [1.165, 1.54) is 0 Å². The summed E-state index contributed by atoms with van der Waals surface area (Å²) >= 11 is 0. The quantitative estimate of drug-likeness (QED) is 0.182. The average Bonchev–Trinajstić information content (AvgIpc) is 1.61. The summed E-state index contributed by atoms with van der Waals surface area (Å²) in [5.41, 5.74) is 1.65. The fraction of sp³-hybridized carbons (Fsp3) is 0. The average molecular weight is 129 g/mol. The maximum absolute atomic E-state index is 9.17. The molecule has 0 unspecified atom stereocenters. The molecule has 4 nitrogen and oxygen atoms in total. The molecule has 5 heteroatoms. The number of amides is 1. The van der Waals surface area contributed by atoms with Crippen LogP contribution in [0.1, 0.15) is 1.43 Å². The molecule has 0 aliphatic carbocycles. The van der Waals surface area contributed by atoms with Gasteiger partial charge in [0.25, 0.3) is 0 Å².